The second-order valence-corrected chi connectivity index (χ2v) is 8.22. The number of hydrogen-bond donors (Lipinski definition) is 0. The highest BCUT2D eigenvalue weighted by Crippen LogP contribution is 2.36. The third-order valence-electron chi connectivity index (χ3n) is 4.12. The van der Waals surface area contributed by atoms with Crippen LogP contribution in [0, 0.1) is 18.8 Å². The van der Waals surface area contributed by atoms with Crippen LogP contribution in [0.5, 0.6) is 0 Å². The third kappa shape index (κ3) is 2.88. The quantitative estimate of drug-likeness (QED) is 0.860. The number of rotatable bonds is 3. The maximum atomic E-state index is 14.1. The molecule has 0 aliphatic carbocycles. The summed E-state index contributed by atoms with van der Waals surface area (Å²) in [7, 11) is -3.51. The smallest absolute Gasteiger partial charge is 0.243 e. The van der Waals surface area contributed by atoms with Gasteiger partial charge in [0, 0.05) is 19.0 Å². The van der Waals surface area contributed by atoms with Crippen molar-refractivity contribution in [1.82, 2.24) is 4.31 Å². The summed E-state index contributed by atoms with van der Waals surface area (Å²) in [5.41, 5.74) is -0.349. The van der Waals surface area contributed by atoms with E-state index in [0.29, 0.717) is 6.54 Å². The lowest BCUT2D eigenvalue weighted by Gasteiger charge is -2.25. The average Bonchev–Trinajstić information content (AvgIpc) is 2.72. The molecule has 0 radical (unpaired) electrons. The van der Waals surface area contributed by atoms with E-state index in [0.717, 1.165) is 5.56 Å². The Balaban J connectivity index is 2.26. The first-order chi connectivity index (χ1) is 9.12. The molecule has 1 aliphatic heterocycles. The average molecular weight is 299 g/mol. The molecule has 0 amide bonds. The molecule has 0 saturated carbocycles. The Kier molecular flexibility index (Phi) is 3.95. The summed E-state index contributed by atoms with van der Waals surface area (Å²) < 4.78 is 40.7. The van der Waals surface area contributed by atoms with Crippen molar-refractivity contribution in [2.45, 2.75) is 38.3 Å². The summed E-state index contributed by atoms with van der Waals surface area (Å²) in [4.78, 5) is 0.285. The molecule has 112 valence electrons. The fourth-order valence-corrected chi connectivity index (χ4v) is 4.44. The first-order valence-electron chi connectivity index (χ1n) is 6.88. The molecule has 1 aromatic carbocycles. The lowest BCUT2D eigenvalue weighted by molar-refractivity contribution is 0.109. The van der Waals surface area contributed by atoms with E-state index in [1.807, 2.05) is 13.8 Å². The molecule has 0 N–H and O–H groups in total. The molecule has 0 bridgehead atoms. The van der Waals surface area contributed by atoms with Gasteiger partial charge in [-0.2, -0.15) is 4.31 Å². The monoisotopic (exact) mass is 299 g/mol. The van der Waals surface area contributed by atoms with E-state index in [9.17, 15) is 12.8 Å². The van der Waals surface area contributed by atoms with Gasteiger partial charge in [0.1, 0.15) is 5.67 Å². The molecule has 3 nitrogen and oxygen atoms in total. The van der Waals surface area contributed by atoms with Crippen molar-refractivity contribution in [2.75, 3.05) is 13.1 Å². The van der Waals surface area contributed by atoms with Crippen LogP contribution < -0.4 is 0 Å². The molecule has 1 aromatic rings. The van der Waals surface area contributed by atoms with Crippen LogP contribution >= 0.6 is 0 Å². The molecule has 2 unspecified atom stereocenters. The van der Waals surface area contributed by atoms with Crippen LogP contribution in [0.15, 0.2) is 29.2 Å². The van der Waals surface area contributed by atoms with E-state index in [1.54, 1.807) is 24.3 Å². The highest BCUT2D eigenvalue weighted by Gasteiger charge is 2.44. The Morgan fingerprint density at radius 2 is 1.75 bits per heavy atom. The van der Waals surface area contributed by atoms with Gasteiger partial charge in [0.2, 0.25) is 10.0 Å². The van der Waals surface area contributed by atoms with E-state index in [2.05, 4.69) is 0 Å². The zero-order valence-electron chi connectivity index (χ0n) is 12.4. The van der Waals surface area contributed by atoms with Gasteiger partial charge in [-0.15, -0.1) is 0 Å². The van der Waals surface area contributed by atoms with Gasteiger partial charge in [0.05, 0.1) is 4.90 Å². The number of alkyl halides is 1. The Hall–Kier alpha value is -0.940. The molecule has 1 fully saturated rings. The first kappa shape index (κ1) is 15.4. The molecule has 1 aliphatic rings. The molecule has 2 rings (SSSR count). The van der Waals surface area contributed by atoms with Crippen molar-refractivity contribution in [3.05, 3.63) is 29.8 Å². The van der Waals surface area contributed by atoms with E-state index in [4.69, 9.17) is 0 Å². The van der Waals surface area contributed by atoms with Crippen LogP contribution in [0.3, 0.4) is 0 Å². The van der Waals surface area contributed by atoms with Gasteiger partial charge >= 0.3 is 0 Å². The third-order valence-corrected chi connectivity index (χ3v) is 5.97. The fourth-order valence-electron chi connectivity index (χ4n) is 2.87. The van der Waals surface area contributed by atoms with Crippen LogP contribution in [0.2, 0.25) is 0 Å². The van der Waals surface area contributed by atoms with Gasteiger partial charge in [0.25, 0.3) is 0 Å². The maximum absolute atomic E-state index is 14.1. The largest absolute Gasteiger partial charge is 0.244 e. The summed E-state index contributed by atoms with van der Waals surface area (Å²) in [5.74, 6) is -0.238. The number of halogens is 1. The summed E-state index contributed by atoms with van der Waals surface area (Å²) in [6, 6.07) is 6.79. The number of hydrogen-bond acceptors (Lipinski definition) is 2. The highest BCUT2D eigenvalue weighted by molar-refractivity contribution is 7.89. The molecule has 5 heteroatoms. The minimum Gasteiger partial charge on any atom is -0.244 e. The molecule has 20 heavy (non-hydrogen) atoms. The molecule has 1 heterocycles. The summed E-state index contributed by atoms with van der Waals surface area (Å²) in [6.45, 7) is 7.51. The van der Waals surface area contributed by atoms with E-state index in [-0.39, 0.29) is 23.3 Å². The van der Waals surface area contributed by atoms with Crippen molar-refractivity contribution >= 4 is 10.0 Å². The summed E-state index contributed by atoms with van der Waals surface area (Å²) in [5, 5.41) is 0. The van der Waals surface area contributed by atoms with Crippen LogP contribution in [-0.4, -0.2) is 31.5 Å². The van der Waals surface area contributed by atoms with Gasteiger partial charge in [0.15, 0.2) is 0 Å². The van der Waals surface area contributed by atoms with E-state index < -0.39 is 15.7 Å². The van der Waals surface area contributed by atoms with Crippen LogP contribution in [-0.2, 0) is 10.0 Å². The van der Waals surface area contributed by atoms with Crippen molar-refractivity contribution in [2.24, 2.45) is 11.8 Å². The zero-order chi connectivity index (χ0) is 15.1. The highest BCUT2D eigenvalue weighted by atomic mass is 32.2. The molecule has 0 spiro atoms. The first-order valence-corrected chi connectivity index (χ1v) is 8.32. The maximum Gasteiger partial charge on any atom is 0.243 e. The van der Waals surface area contributed by atoms with Crippen molar-refractivity contribution in [3.8, 4) is 0 Å². The molecule has 1 saturated heterocycles. The van der Waals surface area contributed by atoms with Crippen LogP contribution in [0.4, 0.5) is 4.39 Å². The van der Waals surface area contributed by atoms with Crippen molar-refractivity contribution < 1.29 is 12.8 Å². The standard InChI is InChI=1S/C15H22FNO2S/c1-11-5-7-13(8-6-11)20(18,19)17-9-12(2)14(10-17)15(3,4)16/h5-8,12,14H,9-10H2,1-4H3. The normalized spacial score (nSPS) is 25.1. The Bertz CT molecular complexity index is 575. The fraction of sp³-hybridized carbons (Fsp3) is 0.600. The SMILES string of the molecule is Cc1ccc(S(=O)(=O)N2CC(C)C(C(C)(C)F)C2)cc1. The van der Waals surface area contributed by atoms with Gasteiger partial charge in [-0.05, 0) is 38.8 Å². The number of sulfonamides is 1. The topological polar surface area (TPSA) is 37.4 Å². The second kappa shape index (κ2) is 5.11. The van der Waals surface area contributed by atoms with Crippen molar-refractivity contribution in [1.29, 1.82) is 0 Å². The minimum absolute atomic E-state index is 0.0234. The predicted octanol–water partition coefficient (Wildman–Crippen LogP) is 3.00. The lowest BCUT2D eigenvalue weighted by atomic mass is 9.85. The number of aryl methyl sites for hydroxylation is 1. The number of nitrogens with zero attached hydrogens (tertiary/aromatic N) is 1. The minimum atomic E-state index is -3.51. The zero-order valence-corrected chi connectivity index (χ0v) is 13.2. The summed E-state index contributed by atoms with van der Waals surface area (Å²) >= 11 is 0. The molecular formula is C15H22FNO2S. The predicted molar refractivity (Wildman–Crippen MR) is 77.8 cm³/mol. The van der Waals surface area contributed by atoms with Gasteiger partial charge in [-0.25, -0.2) is 12.8 Å². The van der Waals surface area contributed by atoms with Gasteiger partial charge in [-0.3, -0.25) is 0 Å². The van der Waals surface area contributed by atoms with Crippen molar-refractivity contribution in [3.63, 3.8) is 0 Å². The van der Waals surface area contributed by atoms with Gasteiger partial charge in [-0.1, -0.05) is 24.6 Å². The van der Waals surface area contributed by atoms with Crippen LogP contribution in [0.1, 0.15) is 26.3 Å². The van der Waals surface area contributed by atoms with E-state index in [1.165, 1.54) is 18.2 Å². The second-order valence-electron chi connectivity index (χ2n) is 6.28. The summed E-state index contributed by atoms with van der Waals surface area (Å²) in [6.07, 6.45) is 0. The lowest BCUT2D eigenvalue weighted by Crippen LogP contribution is -2.33. The molecule has 2 atom stereocenters. The van der Waals surface area contributed by atoms with E-state index >= 15 is 0 Å². The molecule has 0 aromatic heterocycles. The molecular weight excluding hydrogens is 277 g/mol. The van der Waals surface area contributed by atoms with Gasteiger partial charge < -0.3 is 0 Å². The Labute approximate surface area is 120 Å². The Morgan fingerprint density at radius 1 is 1.20 bits per heavy atom. The Morgan fingerprint density at radius 3 is 2.20 bits per heavy atom. The van der Waals surface area contributed by atoms with Crippen LogP contribution in [0.25, 0.3) is 0 Å². The number of benzene rings is 1.